The zero-order chi connectivity index (χ0) is 21.7. The van der Waals surface area contributed by atoms with E-state index in [4.69, 9.17) is 9.47 Å². The quantitative estimate of drug-likeness (QED) is 0.535. The maximum absolute atomic E-state index is 11.9. The lowest BCUT2D eigenvalue weighted by atomic mass is 10.1. The van der Waals surface area contributed by atoms with Crippen LogP contribution < -0.4 is 10.1 Å². The van der Waals surface area contributed by atoms with Crippen molar-refractivity contribution in [3.8, 4) is 23.1 Å². The molecule has 0 aliphatic carbocycles. The predicted molar refractivity (Wildman–Crippen MR) is 119 cm³/mol. The second kappa shape index (κ2) is 9.36. The maximum atomic E-state index is 11.9. The van der Waals surface area contributed by atoms with Crippen LogP contribution in [0.1, 0.15) is 39.2 Å². The van der Waals surface area contributed by atoms with Gasteiger partial charge in [0, 0.05) is 29.8 Å². The van der Waals surface area contributed by atoms with Gasteiger partial charge in [-0.3, -0.25) is 5.32 Å². The lowest BCUT2D eigenvalue weighted by molar-refractivity contribution is 0.161. The van der Waals surface area contributed by atoms with E-state index in [1.807, 2.05) is 61.9 Å². The summed E-state index contributed by atoms with van der Waals surface area (Å²) in [7, 11) is 1.93. The number of amides is 1. The smallest absolute Gasteiger partial charge is 0.411 e. The number of hydrogen-bond donors (Lipinski definition) is 1. The fraction of sp³-hybridized carbons (Fsp3) is 0.333. The Morgan fingerprint density at radius 2 is 2.03 bits per heavy atom. The average molecular weight is 405 g/mol. The highest BCUT2D eigenvalue weighted by atomic mass is 16.5. The standard InChI is InChI=1S/C24H27N3O3/c1-5-12-29-24(28)26-18-9-7-8-17(13-18)23-21(15-25)20-11-10-19(30-16(3)6-2)14-22(20)27(23)4/h7-11,13-14,16H,5-6,12H2,1-4H3,(H,26,28). The Morgan fingerprint density at radius 3 is 2.73 bits per heavy atom. The normalized spacial score (nSPS) is 11.7. The average Bonchev–Trinajstić information content (AvgIpc) is 3.03. The molecule has 1 aromatic heterocycles. The van der Waals surface area contributed by atoms with Gasteiger partial charge in [-0.25, -0.2) is 4.79 Å². The molecule has 0 bridgehead atoms. The van der Waals surface area contributed by atoms with E-state index < -0.39 is 6.09 Å². The van der Waals surface area contributed by atoms with Crippen LogP contribution in [0.5, 0.6) is 5.75 Å². The molecule has 0 fully saturated rings. The van der Waals surface area contributed by atoms with Crippen LogP contribution >= 0.6 is 0 Å². The first kappa shape index (κ1) is 21.3. The molecule has 6 heteroatoms. The van der Waals surface area contributed by atoms with Gasteiger partial charge in [0.15, 0.2) is 0 Å². The van der Waals surface area contributed by atoms with Crippen LogP contribution in [-0.2, 0) is 11.8 Å². The molecule has 6 nitrogen and oxygen atoms in total. The van der Waals surface area contributed by atoms with E-state index in [9.17, 15) is 10.1 Å². The molecule has 156 valence electrons. The number of ether oxygens (including phenoxy) is 2. The first-order valence-corrected chi connectivity index (χ1v) is 10.2. The fourth-order valence-corrected chi connectivity index (χ4v) is 3.35. The van der Waals surface area contributed by atoms with Crippen molar-refractivity contribution in [2.45, 2.75) is 39.7 Å². The van der Waals surface area contributed by atoms with E-state index in [0.29, 0.717) is 17.9 Å². The number of nitriles is 1. The Bertz CT molecular complexity index is 1100. The Kier molecular flexibility index (Phi) is 6.63. The third-order valence-electron chi connectivity index (χ3n) is 5.02. The van der Waals surface area contributed by atoms with E-state index in [1.54, 1.807) is 6.07 Å². The minimum atomic E-state index is -0.488. The van der Waals surface area contributed by atoms with Gasteiger partial charge >= 0.3 is 6.09 Å². The lowest BCUT2D eigenvalue weighted by Crippen LogP contribution is -2.14. The minimum absolute atomic E-state index is 0.118. The molecule has 2 aromatic carbocycles. The summed E-state index contributed by atoms with van der Waals surface area (Å²) in [6.07, 6.45) is 1.31. The summed E-state index contributed by atoms with van der Waals surface area (Å²) in [6.45, 7) is 6.42. The zero-order valence-corrected chi connectivity index (χ0v) is 17.9. The number of hydrogen-bond acceptors (Lipinski definition) is 4. The molecular formula is C24H27N3O3. The summed E-state index contributed by atoms with van der Waals surface area (Å²) in [5, 5.41) is 13.5. The van der Waals surface area contributed by atoms with Crippen LogP contribution in [0.2, 0.25) is 0 Å². The van der Waals surface area contributed by atoms with E-state index in [0.717, 1.165) is 40.8 Å². The van der Waals surface area contributed by atoms with Crippen molar-refractivity contribution < 1.29 is 14.3 Å². The van der Waals surface area contributed by atoms with E-state index in [1.165, 1.54) is 0 Å². The van der Waals surface area contributed by atoms with E-state index >= 15 is 0 Å². The number of fused-ring (bicyclic) bond motifs is 1. The summed E-state index contributed by atoms with van der Waals surface area (Å²) < 4.78 is 13.0. The highest BCUT2D eigenvalue weighted by Crippen LogP contribution is 2.35. The summed E-state index contributed by atoms with van der Waals surface area (Å²) in [6, 6.07) is 15.6. The Labute approximate surface area is 177 Å². The molecule has 0 saturated carbocycles. The topological polar surface area (TPSA) is 76.3 Å². The summed E-state index contributed by atoms with van der Waals surface area (Å²) in [5.74, 6) is 0.780. The van der Waals surface area contributed by atoms with Gasteiger partial charge in [-0.05, 0) is 44.0 Å². The molecule has 3 rings (SSSR count). The number of carbonyl (C=O) groups is 1. The molecular weight excluding hydrogens is 378 g/mol. The maximum Gasteiger partial charge on any atom is 0.411 e. The number of benzene rings is 2. The molecule has 30 heavy (non-hydrogen) atoms. The predicted octanol–water partition coefficient (Wildman–Crippen LogP) is 5.85. The fourth-order valence-electron chi connectivity index (χ4n) is 3.35. The van der Waals surface area contributed by atoms with Crippen LogP contribution in [0.3, 0.4) is 0 Å². The SMILES string of the molecule is CCCOC(=O)Nc1cccc(-c2c(C#N)c3ccc(OC(C)CC)cc3n2C)c1. The molecule has 1 N–H and O–H groups in total. The number of aromatic nitrogens is 1. The van der Waals surface area contributed by atoms with Crippen LogP contribution in [0, 0.1) is 11.3 Å². The molecule has 0 aliphatic heterocycles. The van der Waals surface area contributed by atoms with Gasteiger partial charge in [-0.1, -0.05) is 26.0 Å². The zero-order valence-electron chi connectivity index (χ0n) is 17.9. The van der Waals surface area contributed by atoms with Gasteiger partial charge in [0.1, 0.15) is 11.8 Å². The van der Waals surface area contributed by atoms with Crippen LogP contribution in [0.4, 0.5) is 10.5 Å². The third kappa shape index (κ3) is 4.41. The van der Waals surface area contributed by atoms with E-state index in [2.05, 4.69) is 18.3 Å². The number of nitrogens with zero attached hydrogens (tertiary/aromatic N) is 2. The number of anilines is 1. The number of nitrogens with one attached hydrogen (secondary N) is 1. The van der Waals surface area contributed by atoms with Crippen molar-refractivity contribution in [2.75, 3.05) is 11.9 Å². The molecule has 1 heterocycles. The molecule has 0 spiro atoms. The minimum Gasteiger partial charge on any atom is -0.491 e. The first-order valence-electron chi connectivity index (χ1n) is 10.2. The lowest BCUT2D eigenvalue weighted by Gasteiger charge is -2.13. The Balaban J connectivity index is 2.01. The van der Waals surface area contributed by atoms with Crippen molar-refractivity contribution >= 4 is 22.7 Å². The first-order chi connectivity index (χ1) is 14.5. The van der Waals surface area contributed by atoms with Crippen molar-refractivity contribution in [3.05, 3.63) is 48.0 Å². The highest BCUT2D eigenvalue weighted by Gasteiger charge is 2.18. The molecule has 3 aromatic rings. The molecule has 1 amide bonds. The third-order valence-corrected chi connectivity index (χ3v) is 5.02. The molecule has 0 saturated heterocycles. The summed E-state index contributed by atoms with van der Waals surface area (Å²) in [5.41, 5.74) is 3.75. The van der Waals surface area contributed by atoms with Gasteiger partial charge in [-0.2, -0.15) is 5.26 Å². The van der Waals surface area contributed by atoms with Crippen molar-refractivity contribution in [1.82, 2.24) is 4.57 Å². The number of carbonyl (C=O) groups excluding carboxylic acids is 1. The second-order valence-corrected chi connectivity index (χ2v) is 7.25. The van der Waals surface area contributed by atoms with Gasteiger partial charge < -0.3 is 14.0 Å². The van der Waals surface area contributed by atoms with Crippen LogP contribution in [0.15, 0.2) is 42.5 Å². The molecule has 1 atom stereocenters. The highest BCUT2D eigenvalue weighted by molar-refractivity contribution is 5.96. The van der Waals surface area contributed by atoms with Crippen molar-refractivity contribution in [2.24, 2.45) is 7.05 Å². The van der Waals surface area contributed by atoms with Gasteiger partial charge in [0.05, 0.1) is 29.5 Å². The molecule has 0 aliphatic rings. The van der Waals surface area contributed by atoms with E-state index in [-0.39, 0.29) is 6.10 Å². The second-order valence-electron chi connectivity index (χ2n) is 7.25. The Morgan fingerprint density at radius 1 is 1.23 bits per heavy atom. The summed E-state index contributed by atoms with van der Waals surface area (Å²) in [4.78, 5) is 11.9. The van der Waals surface area contributed by atoms with Crippen LogP contribution in [-0.4, -0.2) is 23.4 Å². The Hall–Kier alpha value is -3.46. The number of rotatable bonds is 7. The van der Waals surface area contributed by atoms with Crippen molar-refractivity contribution in [1.29, 1.82) is 5.26 Å². The largest absolute Gasteiger partial charge is 0.491 e. The monoisotopic (exact) mass is 405 g/mol. The summed E-state index contributed by atoms with van der Waals surface area (Å²) >= 11 is 0. The molecule has 0 radical (unpaired) electrons. The van der Waals surface area contributed by atoms with Gasteiger partial charge in [-0.15, -0.1) is 0 Å². The van der Waals surface area contributed by atoms with Crippen LogP contribution in [0.25, 0.3) is 22.2 Å². The molecule has 1 unspecified atom stereocenters. The van der Waals surface area contributed by atoms with Crippen molar-refractivity contribution in [3.63, 3.8) is 0 Å². The number of aryl methyl sites for hydroxylation is 1. The van der Waals surface area contributed by atoms with Gasteiger partial charge in [0.2, 0.25) is 0 Å². The van der Waals surface area contributed by atoms with Gasteiger partial charge in [0.25, 0.3) is 0 Å².